The second-order valence-electron chi connectivity index (χ2n) is 3.93. The van der Waals surface area contributed by atoms with Gasteiger partial charge >= 0.3 is 5.97 Å². The minimum atomic E-state index is -1.01. The Balaban J connectivity index is 2.29. The first-order valence-corrected chi connectivity index (χ1v) is 5.42. The maximum Gasteiger partial charge on any atom is 0.337 e. The van der Waals surface area contributed by atoms with E-state index in [9.17, 15) is 9.59 Å². The summed E-state index contributed by atoms with van der Waals surface area (Å²) in [6.07, 6.45) is 1.29. The van der Waals surface area contributed by atoms with Gasteiger partial charge in [-0.1, -0.05) is 6.07 Å². The summed E-state index contributed by atoms with van der Waals surface area (Å²) in [6, 6.07) is 8.12. The molecule has 5 heteroatoms. The van der Waals surface area contributed by atoms with Gasteiger partial charge in [-0.3, -0.25) is 9.78 Å². The molecule has 0 aliphatic heterocycles. The van der Waals surface area contributed by atoms with E-state index in [4.69, 9.17) is 5.11 Å². The summed E-state index contributed by atoms with van der Waals surface area (Å²) < 4.78 is 1.59. The van der Waals surface area contributed by atoms with Gasteiger partial charge in [0, 0.05) is 18.0 Å². The number of carboxylic acids is 1. The largest absolute Gasteiger partial charge is 0.478 e. The molecule has 0 fully saturated rings. The molecule has 0 amide bonds. The third-order valence-electron chi connectivity index (χ3n) is 2.66. The number of aryl methyl sites for hydroxylation is 1. The number of pyridine rings is 2. The van der Waals surface area contributed by atoms with Crippen molar-refractivity contribution in [3.63, 3.8) is 0 Å². The highest BCUT2D eigenvalue weighted by Crippen LogP contribution is 2.03. The Morgan fingerprint density at radius 1 is 1.33 bits per heavy atom. The lowest BCUT2D eigenvalue weighted by atomic mass is 10.2. The highest BCUT2D eigenvalue weighted by atomic mass is 16.4. The Kier molecular flexibility index (Phi) is 3.23. The van der Waals surface area contributed by atoms with Crippen molar-refractivity contribution in [3.8, 4) is 0 Å². The van der Waals surface area contributed by atoms with Crippen molar-refractivity contribution < 1.29 is 9.90 Å². The van der Waals surface area contributed by atoms with Gasteiger partial charge in [0.25, 0.3) is 5.56 Å². The van der Waals surface area contributed by atoms with Gasteiger partial charge in [-0.05, 0) is 25.1 Å². The molecular weight excluding hydrogens is 232 g/mol. The molecule has 0 aromatic carbocycles. The van der Waals surface area contributed by atoms with Gasteiger partial charge in [0.05, 0.1) is 17.8 Å². The molecule has 2 rings (SSSR count). The van der Waals surface area contributed by atoms with Gasteiger partial charge in [0.15, 0.2) is 0 Å². The molecule has 2 aromatic heterocycles. The first-order valence-electron chi connectivity index (χ1n) is 5.42. The molecule has 0 spiro atoms. The van der Waals surface area contributed by atoms with Crippen LogP contribution in [-0.2, 0) is 6.54 Å². The zero-order chi connectivity index (χ0) is 13.1. The average molecular weight is 244 g/mol. The van der Waals surface area contributed by atoms with Crippen LogP contribution in [0.1, 0.15) is 21.7 Å². The SMILES string of the molecule is Cc1cccc(=O)n1Cc1ccc(C(=O)O)cn1. The van der Waals surface area contributed by atoms with Crippen molar-refractivity contribution in [1.29, 1.82) is 0 Å². The summed E-state index contributed by atoms with van der Waals surface area (Å²) in [5, 5.41) is 8.76. The molecule has 92 valence electrons. The lowest BCUT2D eigenvalue weighted by Crippen LogP contribution is -2.21. The topological polar surface area (TPSA) is 72.2 Å². The standard InChI is InChI=1S/C13H12N2O3/c1-9-3-2-4-12(16)15(9)8-11-6-5-10(7-14-11)13(17)18/h2-7H,8H2,1H3,(H,17,18). The van der Waals surface area contributed by atoms with E-state index in [1.807, 2.05) is 13.0 Å². The molecule has 2 heterocycles. The van der Waals surface area contributed by atoms with Crippen LogP contribution < -0.4 is 5.56 Å². The lowest BCUT2D eigenvalue weighted by molar-refractivity contribution is 0.0696. The lowest BCUT2D eigenvalue weighted by Gasteiger charge is -2.08. The normalized spacial score (nSPS) is 10.3. The van der Waals surface area contributed by atoms with Gasteiger partial charge in [-0.15, -0.1) is 0 Å². The van der Waals surface area contributed by atoms with Crippen molar-refractivity contribution in [2.24, 2.45) is 0 Å². The summed E-state index contributed by atoms with van der Waals surface area (Å²) in [5.41, 5.74) is 1.53. The molecule has 2 aromatic rings. The van der Waals surface area contributed by atoms with Gasteiger partial charge in [-0.2, -0.15) is 0 Å². The minimum absolute atomic E-state index is 0.0980. The number of rotatable bonds is 3. The predicted octanol–water partition coefficient (Wildman–Crippen LogP) is 1.30. The summed E-state index contributed by atoms with van der Waals surface area (Å²) in [4.78, 5) is 26.4. The van der Waals surface area contributed by atoms with Crippen molar-refractivity contribution >= 4 is 5.97 Å². The highest BCUT2D eigenvalue weighted by Gasteiger charge is 2.05. The fourth-order valence-electron chi connectivity index (χ4n) is 1.63. The molecule has 0 bridgehead atoms. The number of nitrogens with zero attached hydrogens (tertiary/aromatic N) is 2. The van der Waals surface area contributed by atoms with Crippen molar-refractivity contribution in [2.75, 3.05) is 0 Å². The van der Waals surface area contributed by atoms with Gasteiger partial charge in [0.1, 0.15) is 0 Å². The molecule has 0 saturated heterocycles. The third-order valence-corrected chi connectivity index (χ3v) is 2.66. The summed E-state index contributed by atoms with van der Waals surface area (Å²) >= 11 is 0. The van der Waals surface area contributed by atoms with Crippen molar-refractivity contribution in [2.45, 2.75) is 13.5 Å². The Hall–Kier alpha value is -2.43. The highest BCUT2D eigenvalue weighted by molar-refractivity contribution is 5.87. The summed E-state index contributed by atoms with van der Waals surface area (Å²) in [5.74, 6) is -1.01. The number of aromatic carboxylic acids is 1. The minimum Gasteiger partial charge on any atom is -0.478 e. The Labute approximate surface area is 103 Å². The van der Waals surface area contributed by atoms with Gasteiger partial charge < -0.3 is 9.67 Å². The molecule has 0 aliphatic carbocycles. The van der Waals surface area contributed by atoms with Crippen LogP contribution in [0, 0.1) is 6.92 Å². The van der Waals surface area contributed by atoms with E-state index >= 15 is 0 Å². The molecule has 0 unspecified atom stereocenters. The molecule has 18 heavy (non-hydrogen) atoms. The average Bonchev–Trinajstić information content (AvgIpc) is 2.34. The Bertz CT molecular complexity index is 629. The number of carbonyl (C=O) groups is 1. The fourth-order valence-corrected chi connectivity index (χ4v) is 1.63. The maximum absolute atomic E-state index is 11.7. The van der Waals surface area contributed by atoms with Crippen molar-refractivity contribution in [1.82, 2.24) is 9.55 Å². The van der Waals surface area contributed by atoms with Crippen LogP contribution in [0.4, 0.5) is 0 Å². The van der Waals surface area contributed by atoms with Gasteiger partial charge in [0.2, 0.25) is 0 Å². The number of carboxylic acid groups (broad SMARTS) is 1. The van der Waals surface area contributed by atoms with E-state index in [0.29, 0.717) is 12.2 Å². The quantitative estimate of drug-likeness (QED) is 0.883. The maximum atomic E-state index is 11.7. The van der Waals surface area contributed by atoms with Crippen LogP contribution in [0.5, 0.6) is 0 Å². The van der Waals surface area contributed by atoms with E-state index in [0.717, 1.165) is 5.69 Å². The van der Waals surface area contributed by atoms with Crippen LogP contribution in [-0.4, -0.2) is 20.6 Å². The van der Waals surface area contributed by atoms with E-state index in [-0.39, 0.29) is 11.1 Å². The Morgan fingerprint density at radius 2 is 2.11 bits per heavy atom. The molecule has 1 N–H and O–H groups in total. The molecule has 0 radical (unpaired) electrons. The first-order chi connectivity index (χ1) is 8.58. The van der Waals surface area contributed by atoms with Gasteiger partial charge in [-0.25, -0.2) is 4.79 Å². The van der Waals surface area contributed by atoms with Crippen molar-refractivity contribution in [3.05, 3.63) is 63.8 Å². The second-order valence-corrected chi connectivity index (χ2v) is 3.93. The molecule has 0 atom stereocenters. The molecule has 5 nitrogen and oxygen atoms in total. The van der Waals surface area contributed by atoms with E-state index in [1.54, 1.807) is 16.7 Å². The van der Waals surface area contributed by atoms with E-state index in [1.165, 1.54) is 18.3 Å². The number of hydrogen-bond acceptors (Lipinski definition) is 3. The summed E-state index contributed by atoms with van der Waals surface area (Å²) in [7, 11) is 0. The monoisotopic (exact) mass is 244 g/mol. The number of aromatic nitrogens is 2. The molecule has 0 aliphatic rings. The molecule has 0 saturated carbocycles. The zero-order valence-electron chi connectivity index (χ0n) is 9.83. The second kappa shape index (κ2) is 4.83. The fraction of sp³-hybridized carbons (Fsp3) is 0.154. The predicted molar refractivity (Wildman–Crippen MR) is 65.7 cm³/mol. The Morgan fingerprint density at radius 3 is 2.67 bits per heavy atom. The van der Waals surface area contributed by atoms with Crippen LogP contribution in [0.3, 0.4) is 0 Å². The van der Waals surface area contributed by atoms with Crippen LogP contribution >= 0.6 is 0 Å². The van der Waals surface area contributed by atoms with Crippen LogP contribution in [0.2, 0.25) is 0 Å². The van der Waals surface area contributed by atoms with Crippen LogP contribution in [0.25, 0.3) is 0 Å². The summed E-state index contributed by atoms with van der Waals surface area (Å²) in [6.45, 7) is 2.18. The molecular formula is C13H12N2O3. The first kappa shape index (κ1) is 12.0. The zero-order valence-corrected chi connectivity index (χ0v) is 9.83. The smallest absolute Gasteiger partial charge is 0.337 e. The third kappa shape index (κ3) is 2.45. The number of hydrogen-bond donors (Lipinski definition) is 1. The van der Waals surface area contributed by atoms with E-state index in [2.05, 4.69) is 4.98 Å². The van der Waals surface area contributed by atoms with E-state index < -0.39 is 5.97 Å². The van der Waals surface area contributed by atoms with Crippen LogP contribution in [0.15, 0.2) is 41.3 Å².